The van der Waals surface area contributed by atoms with Crippen LogP contribution in [0.4, 0.5) is 10.6 Å². The Labute approximate surface area is 169 Å². The number of anilines is 1. The minimum absolute atomic E-state index is 0.139. The van der Waals surface area contributed by atoms with Crippen LogP contribution in [-0.4, -0.2) is 35.5 Å². The van der Waals surface area contributed by atoms with Gasteiger partial charge in [-0.1, -0.05) is 30.3 Å². The van der Waals surface area contributed by atoms with Crippen LogP contribution in [-0.2, 0) is 16.0 Å². The number of hydrogen-bond donors (Lipinski definition) is 2. The molecule has 7 nitrogen and oxygen atoms in total. The lowest BCUT2D eigenvalue weighted by molar-refractivity contribution is -0.139. The van der Waals surface area contributed by atoms with E-state index in [-0.39, 0.29) is 18.4 Å². The number of benzene rings is 1. The molecule has 0 aliphatic carbocycles. The minimum atomic E-state index is -0.326. The third-order valence-electron chi connectivity index (χ3n) is 4.53. The van der Waals surface area contributed by atoms with Crippen molar-refractivity contribution in [2.24, 2.45) is 0 Å². The van der Waals surface area contributed by atoms with E-state index in [2.05, 4.69) is 10.3 Å². The fraction of sp³-hybridized carbons (Fsp3) is 0.227. The predicted octanol–water partition coefficient (Wildman–Crippen LogP) is 1.29. The Morgan fingerprint density at radius 1 is 1.17 bits per heavy atom. The van der Waals surface area contributed by atoms with Crippen LogP contribution in [0.15, 0.2) is 54.7 Å². The molecular weight excluding hydrogens is 368 g/mol. The first-order valence-electron chi connectivity index (χ1n) is 9.39. The molecule has 7 heteroatoms. The van der Waals surface area contributed by atoms with Gasteiger partial charge in [0.25, 0.3) is 0 Å². The molecule has 0 atom stereocenters. The van der Waals surface area contributed by atoms with E-state index in [1.807, 2.05) is 36.4 Å². The number of nitrogens with zero attached hydrogens (tertiary/aromatic N) is 2. The lowest BCUT2D eigenvalue weighted by Gasteiger charge is -2.14. The number of pyridine rings is 1. The first-order valence-corrected chi connectivity index (χ1v) is 9.39. The Bertz CT molecular complexity index is 1050. The molecule has 0 saturated heterocycles. The second-order valence-corrected chi connectivity index (χ2v) is 6.61. The molecule has 3 rings (SSSR count). The quantitative estimate of drug-likeness (QED) is 0.570. The van der Waals surface area contributed by atoms with E-state index >= 15 is 0 Å². The molecule has 1 aliphatic heterocycles. The molecule has 0 bridgehead atoms. The van der Waals surface area contributed by atoms with E-state index in [9.17, 15) is 9.59 Å². The highest BCUT2D eigenvalue weighted by molar-refractivity contribution is 5.84. The molecule has 29 heavy (non-hydrogen) atoms. The zero-order chi connectivity index (χ0) is 20.6. The highest BCUT2D eigenvalue weighted by Crippen LogP contribution is 2.08. The summed E-state index contributed by atoms with van der Waals surface area (Å²) in [4.78, 5) is 30.1. The number of urea groups is 1. The Morgan fingerprint density at radius 2 is 2.00 bits per heavy atom. The number of esters is 1. The highest BCUT2D eigenvalue weighted by atomic mass is 16.5. The third kappa shape index (κ3) is 5.44. The fourth-order valence-electron chi connectivity index (χ4n) is 3.06. The number of fused-ring (bicyclic) bond motifs is 1. The molecule has 0 fully saturated rings. The molecule has 2 amide bonds. The number of carbonyl (C=O) groups is 2. The van der Waals surface area contributed by atoms with Crippen molar-refractivity contribution in [3.63, 3.8) is 0 Å². The van der Waals surface area contributed by atoms with E-state index in [1.165, 1.54) is 12.0 Å². The number of nitrogen functional groups attached to an aromatic ring is 1. The van der Waals surface area contributed by atoms with E-state index < -0.39 is 0 Å². The predicted molar refractivity (Wildman–Crippen MR) is 112 cm³/mol. The van der Waals surface area contributed by atoms with Gasteiger partial charge in [-0.15, -0.1) is 0 Å². The number of methoxy groups -OCH3 is 1. The number of aromatic nitrogens is 1. The molecule has 1 aromatic heterocycles. The van der Waals surface area contributed by atoms with Gasteiger partial charge in [-0.2, -0.15) is 0 Å². The first kappa shape index (κ1) is 20.1. The van der Waals surface area contributed by atoms with E-state index in [4.69, 9.17) is 10.5 Å². The van der Waals surface area contributed by atoms with Gasteiger partial charge in [-0.3, -0.25) is 9.69 Å². The summed E-state index contributed by atoms with van der Waals surface area (Å²) in [7, 11) is 1.36. The molecular formula is C22H24N4O3. The molecule has 1 aromatic carbocycles. The summed E-state index contributed by atoms with van der Waals surface area (Å²) in [5.41, 5.74) is 7.38. The van der Waals surface area contributed by atoms with Crippen molar-refractivity contribution in [1.82, 2.24) is 15.2 Å². The molecule has 0 spiro atoms. The van der Waals surface area contributed by atoms with Gasteiger partial charge in [0.15, 0.2) is 0 Å². The Kier molecular flexibility index (Phi) is 6.63. The summed E-state index contributed by atoms with van der Waals surface area (Å²) in [5, 5.41) is 4.66. The number of aryl methyl sites for hydroxylation is 1. The average Bonchev–Trinajstić information content (AvgIpc) is 2.91. The van der Waals surface area contributed by atoms with Crippen molar-refractivity contribution < 1.29 is 14.3 Å². The lowest BCUT2D eigenvalue weighted by Crippen LogP contribution is -2.36. The van der Waals surface area contributed by atoms with E-state index in [0.717, 1.165) is 34.5 Å². The summed E-state index contributed by atoms with van der Waals surface area (Å²) in [6.45, 7) is 0.508. The Morgan fingerprint density at radius 3 is 2.79 bits per heavy atom. The van der Waals surface area contributed by atoms with Gasteiger partial charge in [-0.25, -0.2) is 9.78 Å². The van der Waals surface area contributed by atoms with Gasteiger partial charge in [0.05, 0.1) is 13.5 Å². The first-order chi connectivity index (χ1) is 14.1. The van der Waals surface area contributed by atoms with Crippen LogP contribution in [0.1, 0.15) is 18.5 Å². The van der Waals surface area contributed by atoms with Crippen LogP contribution in [0, 0.1) is 0 Å². The maximum absolute atomic E-state index is 12.6. The van der Waals surface area contributed by atoms with Crippen molar-refractivity contribution in [1.29, 1.82) is 0 Å². The molecule has 0 radical (unpaired) electrons. The maximum Gasteiger partial charge on any atom is 0.325 e. The molecule has 0 saturated carbocycles. The normalized spacial score (nSPS) is 12.6. The summed E-state index contributed by atoms with van der Waals surface area (Å²) in [6, 6.07) is 12.9. The van der Waals surface area contributed by atoms with Crippen LogP contribution in [0.5, 0.6) is 0 Å². The molecule has 3 N–H and O–H groups in total. The second-order valence-electron chi connectivity index (χ2n) is 6.61. The number of amides is 2. The largest absolute Gasteiger partial charge is 0.469 e. The van der Waals surface area contributed by atoms with Gasteiger partial charge in [0.1, 0.15) is 5.82 Å². The van der Waals surface area contributed by atoms with Crippen LogP contribution in [0.3, 0.4) is 0 Å². The Balaban J connectivity index is 1.65. The molecule has 2 aromatic rings. The van der Waals surface area contributed by atoms with Crippen molar-refractivity contribution >= 4 is 29.6 Å². The second kappa shape index (κ2) is 9.54. The standard InChI is InChI=1S/C22H24N4O3/c1-29-21(27)14-16-11-13-26(15-17-6-2-3-9-19(16)17)22(28)24-12-5-8-18-7-4-10-20(23)25-18/h2-4,6-7,9-11,13,15H,5,8,12,14H2,1H3,(H2,23,25)(H,24,28). The monoisotopic (exact) mass is 392 g/mol. The van der Waals surface area contributed by atoms with Crippen molar-refractivity contribution in [2.45, 2.75) is 19.3 Å². The number of rotatable bonds is 6. The van der Waals surface area contributed by atoms with Crippen molar-refractivity contribution in [3.05, 3.63) is 70.9 Å². The van der Waals surface area contributed by atoms with Crippen LogP contribution in [0.25, 0.3) is 11.8 Å². The van der Waals surface area contributed by atoms with Gasteiger partial charge >= 0.3 is 12.0 Å². The smallest absolute Gasteiger partial charge is 0.325 e. The summed E-state index contributed by atoms with van der Waals surface area (Å²) in [6.07, 6.45) is 6.80. The number of allylic oxidation sites excluding steroid dienone is 1. The number of carbonyl (C=O) groups excluding carboxylic acids is 2. The van der Waals surface area contributed by atoms with Gasteiger partial charge < -0.3 is 15.8 Å². The third-order valence-corrected chi connectivity index (χ3v) is 4.53. The number of hydrogen-bond acceptors (Lipinski definition) is 5. The lowest BCUT2D eigenvalue weighted by atomic mass is 10.1. The van der Waals surface area contributed by atoms with E-state index in [1.54, 1.807) is 24.5 Å². The van der Waals surface area contributed by atoms with Gasteiger partial charge in [0, 0.05) is 24.6 Å². The molecule has 1 aliphatic rings. The van der Waals surface area contributed by atoms with Crippen LogP contribution < -0.4 is 21.5 Å². The minimum Gasteiger partial charge on any atom is -0.469 e. The Hall–Kier alpha value is -3.61. The molecule has 2 heterocycles. The number of nitrogens with two attached hydrogens (primary N) is 1. The zero-order valence-electron chi connectivity index (χ0n) is 16.3. The SMILES string of the molecule is COC(=O)CC1=c2ccccc2=CN(C(=O)NCCCc2cccc(N)n2)C=C1. The van der Waals surface area contributed by atoms with Crippen LogP contribution in [0.2, 0.25) is 0 Å². The maximum atomic E-state index is 12.6. The van der Waals surface area contributed by atoms with Crippen molar-refractivity contribution in [2.75, 3.05) is 19.4 Å². The fourth-order valence-corrected chi connectivity index (χ4v) is 3.06. The van der Waals surface area contributed by atoms with Gasteiger partial charge in [0.2, 0.25) is 0 Å². The summed E-state index contributed by atoms with van der Waals surface area (Å²) >= 11 is 0. The van der Waals surface area contributed by atoms with E-state index in [0.29, 0.717) is 12.4 Å². The number of nitrogens with one attached hydrogen (secondary N) is 1. The van der Waals surface area contributed by atoms with Crippen molar-refractivity contribution in [3.8, 4) is 0 Å². The average molecular weight is 392 g/mol. The zero-order valence-corrected chi connectivity index (χ0v) is 16.3. The van der Waals surface area contributed by atoms with Gasteiger partial charge in [-0.05, 0) is 47.1 Å². The summed E-state index contributed by atoms with van der Waals surface area (Å²) in [5.74, 6) is 0.168. The highest BCUT2D eigenvalue weighted by Gasteiger charge is 2.12. The topological polar surface area (TPSA) is 97.5 Å². The molecule has 0 unspecified atom stereocenters. The number of ether oxygens (including phenoxy) is 1. The summed E-state index contributed by atoms with van der Waals surface area (Å²) < 4.78 is 4.78. The molecule has 150 valence electrons. The van der Waals surface area contributed by atoms with Crippen LogP contribution >= 0.6 is 0 Å².